The standard InChI is InChI=1S/C21H15N4O2S3/c1-27-14-5-7-15(8-6-14)29-16-9-10-18(30-17-4-2-3-11-22-17)24-19(16)20(26)25-21-23-12-13-28-21/h2-11,13H,1H3,(H,23,25,26). The van der Waals surface area contributed by atoms with Crippen molar-refractivity contribution in [2.45, 2.75) is 19.8 Å². The molecule has 4 rings (SSSR count). The predicted octanol–water partition coefficient (Wildman–Crippen LogP) is 5.30. The van der Waals surface area contributed by atoms with Crippen molar-refractivity contribution < 1.29 is 9.53 Å². The van der Waals surface area contributed by atoms with Gasteiger partial charge in [-0.05, 0) is 48.5 Å². The smallest absolute Gasteiger partial charge is 0.277 e. The lowest BCUT2D eigenvalue weighted by Crippen LogP contribution is -2.15. The number of carbonyl (C=O) groups excluding carboxylic acids is 1. The minimum atomic E-state index is -0.321. The second kappa shape index (κ2) is 9.75. The summed E-state index contributed by atoms with van der Waals surface area (Å²) in [5.41, 5.74) is 0.326. The zero-order valence-electron chi connectivity index (χ0n) is 15.7. The molecule has 0 spiro atoms. The van der Waals surface area contributed by atoms with Gasteiger partial charge in [-0.2, -0.15) is 0 Å². The molecule has 149 valence electrons. The number of pyridine rings is 2. The maximum Gasteiger partial charge on any atom is 0.277 e. The summed E-state index contributed by atoms with van der Waals surface area (Å²) in [5, 5.41) is 6.44. The summed E-state index contributed by atoms with van der Waals surface area (Å²) in [4.78, 5) is 27.6. The third-order valence-corrected chi connectivity index (χ3v) is 6.38. The van der Waals surface area contributed by atoms with Crippen LogP contribution in [0.5, 0.6) is 5.75 Å². The van der Waals surface area contributed by atoms with Crippen molar-refractivity contribution in [3.8, 4) is 5.75 Å². The molecule has 3 aromatic heterocycles. The fourth-order valence-electron chi connectivity index (χ4n) is 2.42. The molecule has 1 amide bonds. The SMILES string of the molecule is COc1ccc(Sc2ccc(Sc3ccccn3)nc2C(=O)Nc2n[c]cs2)cc1. The van der Waals surface area contributed by atoms with Crippen molar-refractivity contribution in [3.05, 3.63) is 78.1 Å². The molecule has 1 radical (unpaired) electrons. The van der Waals surface area contributed by atoms with Crippen LogP contribution in [0.2, 0.25) is 0 Å². The van der Waals surface area contributed by atoms with E-state index in [1.807, 2.05) is 54.6 Å². The highest BCUT2D eigenvalue weighted by Crippen LogP contribution is 2.34. The van der Waals surface area contributed by atoms with Gasteiger partial charge in [-0.1, -0.05) is 29.6 Å². The van der Waals surface area contributed by atoms with Crippen molar-refractivity contribution >= 4 is 45.9 Å². The zero-order valence-corrected chi connectivity index (χ0v) is 18.2. The average Bonchev–Trinajstić information content (AvgIpc) is 3.29. The predicted molar refractivity (Wildman–Crippen MR) is 119 cm³/mol. The maximum absolute atomic E-state index is 12.9. The molecule has 0 aliphatic rings. The molecule has 0 aliphatic carbocycles. The Morgan fingerprint density at radius 3 is 2.63 bits per heavy atom. The number of methoxy groups -OCH3 is 1. The summed E-state index contributed by atoms with van der Waals surface area (Å²) < 4.78 is 5.21. The first-order valence-corrected chi connectivity index (χ1v) is 11.3. The van der Waals surface area contributed by atoms with Gasteiger partial charge in [-0.25, -0.2) is 15.0 Å². The summed E-state index contributed by atoms with van der Waals surface area (Å²) in [6.45, 7) is 0. The number of rotatable bonds is 7. The summed E-state index contributed by atoms with van der Waals surface area (Å²) in [6, 6.07) is 17.1. The Kier molecular flexibility index (Phi) is 6.63. The van der Waals surface area contributed by atoms with Crippen LogP contribution in [-0.4, -0.2) is 28.0 Å². The molecule has 3 heterocycles. The molecule has 4 aromatic rings. The van der Waals surface area contributed by atoms with Gasteiger partial charge in [-0.15, -0.1) is 11.3 Å². The van der Waals surface area contributed by atoms with Crippen LogP contribution in [0.15, 0.2) is 86.0 Å². The highest BCUT2D eigenvalue weighted by atomic mass is 32.2. The van der Waals surface area contributed by atoms with Crippen molar-refractivity contribution in [1.29, 1.82) is 0 Å². The second-order valence-electron chi connectivity index (χ2n) is 5.78. The third kappa shape index (κ3) is 5.18. The Morgan fingerprint density at radius 1 is 1.07 bits per heavy atom. The lowest BCUT2D eigenvalue weighted by molar-refractivity contribution is 0.101. The summed E-state index contributed by atoms with van der Waals surface area (Å²) in [6.07, 6.45) is 4.42. The number of ether oxygens (including phenoxy) is 1. The van der Waals surface area contributed by atoms with E-state index in [0.29, 0.717) is 15.9 Å². The van der Waals surface area contributed by atoms with Gasteiger partial charge >= 0.3 is 0 Å². The van der Waals surface area contributed by atoms with Crippen LogP contribution < -0.4 is 10.1 Å². The monoisotopic (exact) mass is 451 g/mol. The highest BCUT2D eigenvalue weighted by molar-refractivity contribution is 7.99. The summed E-state index contributed by atoms with van der Waals surface area (Å²) in [5.74, 6) is 0.454. The molecule has 0 fully saturated rings. The van der Waals surface area contributed by atoms with E-state index in [4.69, 9.17) is 4.74 Å². The Labute approximate surface area is 186 Å². The van der Waals surface area contributed by atoms with Crippen molar-refractivity contribution in [2.24, 2.45) is 0 Å². The number of aromatic nitrogens is 3. The minimum Gasteiger partial charge on any atom is -0.497 e. The Hall–Kier alpha value is -2.88. The van der Waals surface area contributed by atoms with Crippen LogP contribution in [0.4, 0.5) is 5.13 Å². The molecular weight excluding hydrogens is 436 g/mol. The first kappa shape index (κ1) is 20.4. The van der Waals surface area contributed by atoms with Gasteiger partial charge in [0.25, 0.3) is 5.91 Å². The fraction of sp³-hybridized carbons (Fsp3) is 0.0476. The van der Waals surface area contributed by atoms with Gasteiger partial charge in [0.1, 0.15) is 27.7 Å². The van der Waals surface area contributed by atoms with E-state index in [1.54, 1.807) is 18.7 Å². The fourth-order valence-corrected chi connectivity index (χ4v) is 4.54. The van der Waals surface area contributed by atoms with Crippen LogP contribution in [0.3, 0.4) is 0 Å². The van der Waals surface area contributed by atoms with Gasteiger partial charge < -0.3 is 4.74 Å². The number of amides is 1. The number of hydrogen-bond acceptors (Lipinski definition) is 8. The van der Waals surface area contributed by atoms with E-state index in [9.17, 15) is 4.79 Å². The third-order valence-electron chi connectivity index (χ3n) is 3.79. The molecule has 0 unspecified atom stereocenters. The first-order chi connectivity index (χ1) is 14.7. The summed E-state index contributed by atoms with van der Waals surface area (Å²) in [7, 11) is 1.63. The number of nitrogens with zero attached hydrogens (tertiary/aromatic N) is 3. The van der Waals surface area contributed by atoms with Gasteiger partial charge in [0.05, 0.1) is 7.11 Å². The van der Waals surface area contributed by atoms with E-state index in [0.717, 1.165) is 20.6 Å². The minimum absolute atomic E-state index is 0.321. The quantitative estimate of drug-likeness (QED) is 0.409. The van der Waals surface area contributed by atoms with E-state index in [1.165, 1.54) is 34.9 Å². The van der Waals surface area contributed by atoms with Gasteiger partial charge in [0.15, 0.2) is 5.13 Å². The number of thiazole rings is 1. The van der Waals surface area contributed by atoms with Crippen LogP contribution in [-0.2, 0) is 0 Å². The largest absolute Gasteiger partial charge is 0.497 e. The average molecular weight is 452 g/mol. The molecule has 0 bridgehead atoms. The van der Waals surface area contributed by atoms with Crippen molar-refractivity contribution in [3.63, 3.8) is 0 Å². The Bertz CT molecular complexity index is 1120. The lowest BCUT2D eigenvalue weighted by Gasteiger charge is -2.10. The van der Waals surface area contributed by atoms with Crippen molar-refractivity contribution in [1.82, 2.24) is 15.0 Å². The van der Waals surface area contributed by atoms with Crippen molar-refractivity contribution in [2.75, 3.05) is 12.4 Å². The van der Waals surface area contributed by atoms with Crippen LogP contribution >= 0.6 is 34.9 Å². The topological polar surface area (TPSA) is 77.0 Å². The molecule has 30 heavy (non-hydrogen) atoms. The molecule has 0 saturated carbocycles. The van der Waals surface area contributed by atoms with Gasteiger partial charge in [0, 0.05) is 21.4 Å². The number of carbonyl (C=O) groups is 1. The number of benzene rings is 1. The zero-order chi connectivity index (χ0) is 20.8. The Morgan fingerprint density at radius 2 is 1.93 bits per heavy atom. The van der Waals surface area contributed by atoms with Crippen LogP contribution in [0.1, 0.15) is 10.5 Å². The van der Waals surface area contributed by atoms with E-state index in [-0.39, 0.29) is 5.91 Å². The molecule has 0 aliphatic heterocycles. The molecule has 0 atom stereocenters. The van der Waals surface area contributed by atoms with E-state index in [2.05, 4.69) is 26.5 Å². The van der Waals surface area contributed by atoms with E-state index < -0.39 is 0 Å². The van der Waals surface area contributed by atoms with Gasteiger partial charge in [0.2, 0.25) is 0 Å². The number of hydrogen-bond donors (Lipinski definition) is 1. The Balaban J connectivity index is 1.63. The molecule has 1 N–H and O–H groups in total. The summed E-state index contributed by atoms with van der Waals surface area (Å²) >= 11 is 4.17. The number of nitrogens with one attached hydrogen (secondary N) is 1. The molecule has 0 saturated heterocycles. The molecule has 9 heteroatoms. The number of anilines is 1. The lowest BCUT2D eigenvalue weighted by atomic mass is 10.3. The first-order valence-electron chi connectivity index (χ1n) is 8.76. The van der Waals surface area contributed by atoms with Crippen LogP contribution in [0, 0.1) is 6.20 Å². The normalized spacial score (nSPS) is 10.6. The molecule has 1 aromatic carbocycles. The highest BCUT2D eigenvalue weighted by Gasteiger charge is 2.17. The van der Waals surface area contributed by atoms with E-state index >= 15 is 0 Å². The molecule has 6 nitrogen and oxygen atoms in total. The molecular formula is C21H15N4O2S3. The second-order valence-corrected chi connectivity index (χ2v) is 8.79. The van der Waals surface area contributed by atoms with Crippen LogP contribution in [0.25, 0.3) is 0 Å². The maximum atomic E-state index is 12.9. The van der Waals surface area contributed by atoms with Gasteiger partial charge in [-0.3, -0.25) is 10.1 Å².